The van der Waals surface area contributed by atoms with Crippen LogP contribution in [0.25, 0.3) is 11.1 Å². The van der Waals surface area contributed by atoms with Crippen molar-refractivity contribution in [3.63, 3.8) is 0 Å². The molecule has 9 heteroatoms. The standard InChI is InChI=1S/C23H29N9/c1-15-8-23(30-29-15)28-22-10-16(17-13-25-31(2)14-17)9-21(27-22)26-18-11-19-4-5-20(12-18)32(19)7-3-6-24/h8-10,13-14,18-20H,3-5,7,11-12H2,1-2H3,(H3,26,27,28,29,30)/t18-,19-,20+. The van der Waals surface area contributed by atoms with E-state index >= 15 is 0 Å². The molecule has 2 aliphatic rings. The Hall–Kier alpha value is -3.38. The minimum absolute atomic E-state index is 0.378. The van der Waals surface area contributed by atoms with Crippen LogP contribution in [-0.4, -0.2) is 54.5 Å². The minimum Gasteiger partial charge on any atom is -0.367 e. The van der Waals surface area contributed by atoms with Crippen LogP contribution in [0.1, 0.15) is 37.8 Å². The topological polar surface area (TPSA) is 110 Å². The van der Waals surface area contributed by atoms with Gasteiger partial charge in [-0.25, -0.2) is 4.98 Å². The summed E-state index contributed by atoms with van der Waals surface area (Å²) in [6, 6.07) is 9.88. The first-order valence-electron chi connectivity index (χ1n) is 11.3. The highest BCUT2D eigenvalue weighted by Crippen LogP contribution is 2.37. The van der Waals surface area contributed by atoms with Crippen LogP contribution < -0.4 is 10.6 Å². The van der Waals surface area contributed by atoms with Crippen molar-refractivity contribution in [2.24, 2.45) is 7.05 Å². The molecule has 0 aliphatic carbocycles. The molecule has 0 saturated carbocycles. The molecule has 2 fully saturated rings. The molecular formula is C23H29N9. The van der Waals surface area contributed by atoms with Crippen LogP contribution in [0.15, 0.2) is 30.6 Å². The zero-order valence-electron chi connectivity index (χ0n) is 18.5. The number of hydrogen-bond acceptors (Lipinski definition) is 7. The second-order valence-corrected chi connectivity index (χ2v) is 8.93. The van der Waals surface area contributed by atoms with E-state index in [2.05, 4.69) is 43.0 Å². The van der Waals surface area contributed by atoms with Gasteiger partial charge in [-0.05, 0) is 50.3 Å². The average Bonchev–Trinajstić information content (AvgIpc) is 3.44. The summed E-state index contributed by atoms with van der Waals surface area (Å²) in [5, 5.41) is 27.6. The van der Waals surface area contributed by atoms with E-state index in [1.54, 1.807) is 0 Å². The smallest absolute Gasteiger partial charge is 0.153 e. The van der Waals surface area contributed by atoms with E-state index in [1.807, 2.05) is 43.2 Å². The van der Waals surface area contributed by atoms with Gasteiger partial charge in [0, 0.05) is 61.7 Å². The monoisotopic (exact) mass is 431 g/mol. The molecule has 0 radical (unpaired) electrons. The van der Waals surface area contributed by atoms with Crippen molar-refractivity contribution in [3.8, 4) is 17.2 Å². The minimum atomic E-state index is 0.378. The third-order valence-corrected chi connectivity index (χ3v) is 6.54. The lowest BCUT2D eigenvalue weighted by molar-refractivity contribution is 0.136. The number of pyridine rings is 1. The van der Waals surface area contributed by atoms with Gasteiger partial charge in [0.15, 0.2) is 5.82 Å². The first-order chi connectivity index (χ1) is 15.6. The number of nitrogens with zero attached hydrogens (tertiary/aromatic N) is 6. The fourth-order valence-corrected chi connectivity index (χ4v) is 5.16. The summed E-state index contributed by atoms with van der Waals surface area (Å²) >= 11 is 0. The molecule has 3 N–H and O–H groups in total. The number of rotatable bonds is 7. The lowest BCUT2D eigenvalue weighted by Crippen LogP contribution is -2.47. The SMILES string of the molecule is Cc1cc(Nc2cc(-c3cnn(C)c3)cc(N[C@@H]3C[C@H]4CC[C@@H](C3)N4CCC#N)n2)n[nH]1. The number of nitrogens with one attached hydrogen (secondary N) is 3. The maximum Gasteiger partial charge on any atom is 0.153 e. The predicted molar refractivity (Wildman–Crippen MR) is 123 cm³/mol. The van der Waals surface area contributed by atoms with E-state index in [0.29, 0.717) is 24.5 Å². The molecule has 0 amide bonds. The number of hydrogen-bond donors (Lipinski definition) is 3. The molecule has 3 aromatic rings. The first-order valence-corrected chi connectivity index (χ1v) is 11.3. The number of H-pyrrole nitrogens is 1. The van der Waals surface area contributed by atoms with Gasteiger partial charge in [-0.15, -0.1) is 0 Å². The molecule has 32 heavy (non-hydrogen) atoms. The highest BCUT2D eigenvalue weighted by atomic mass is 15.2. The molecular weight excluding hydrogens is 402 g/mol. The van der Waals surface area contributed by atoms with Gasteiger partial charge in [-0.3, -0.25) is 14.7 Å². The van der Waals surface area contributed by atoms with Gasteiger partial charge in [-0.2, -0.15) is 15.5 Å². The summed E-state index contributed by atoms with van der Waals surface area (Å²) in [4.78, 5) is 7.39. The molecule has 5 heterocycles. The van der Waals surface area contributed by atoms with Gasteiger partial charge < -0.3 is 10.6 Å². The lowest BCUT2D eigenvalue weighted by Gasteiger charge is -2.39. The number of aromatic nitrogens is 5. The Morgan fingerprint density at radius 3 is 2.56 bits per heavy atom. The Morgan fingerprint density at radius 1 is 1.12 bits per heavy atom. The Labute approximate surface area is 187 Å². The number of piperidine rings is 1. The van der Waals surface area contributed by atoms with Crippen LogP contribution >= 0.6 is 0 Å². The molecule has 5 rings (SSSR count). The van der Waals surface area contributed by atoms with Crippen molar-refractivity contribution in [2.75, 3.05) is 17.2 Å². The fraction of sp³-hybridized carbons (Fsp3) is 0.478. The summed E-state index contributed by atoms with van der Waals surface area (Å²) in [6.45, 7) is 2.87. The number of anilines is 3. The van der Waals surface area contributed by atoms with Gasteiger partial charge in [0.05, 0.1) is 12.3 Å². The van der Waals surface area contributed by atoms with Crippen molar-refractivity contribution in [1.82, 2.24) is 29.9 Å². The molecule has 2 aliphatic heterocycles. The quantitative estimate of drug-likeness (QED) is 0.524. The Morgan fingerprint density at radius 2 is 1.91 bits per heavy atom. The third-order valence-electron chi connectivity index (χ3n) is 6.54. The van der Waals surface area contributed by atoms with Crippen molar-refractivity contribution < 1.29 is 0 Å². The zero-order valence-corrected chi connectivity index (χ0v) is 18.5. The van der Waals surface area contributed by atoms with Gasteiger partial charge in [0.25, 0.3) is 0 Å². The van der Waals surface area contributed by atoms with Gasteiger partial charge in [-0.1, -0.05) is 0 Å². The molecule has 9 nitrogen and oxygen atoms in total. The van der Waals surface area contributed by atoms with Crippen molar-refractivity contribution in [3.05, 3.63) is 36.3 Å². The van der Waals surface area contributed by atoms with Crippen molar-refractivity contribution in [2.45, 2.75) is 57.2 Å². The fourth-order valence-electron chi connectivity index (χ4n) is 5.16. The Balaban J connectivity index is 1.37. The van der Waals surface area contributed by atoms with Crippen LogP contribution in [0.3, 0.4) is 0 Å². The maximum atomic E-state index is 8.98. The Bertz CT molecular complexity index is 1110. The van der Waals surface area contributed by atoms with Crippen LogP contribution in [-0.2, 0) is 7.05 Å². The molecule has 3 atom stereocenters. The van der Waals surface area contributed by atoms with E-state index in [1.165, 1.54) is 12.8 Å². The maximum absolute atomic E-state index is 8.98. The number of aryl methyl sites for hydroxylation is 2. The molecule has 166 valence electrons. The second kappa shape index (κ2) is 8.63. The van der Waals surface area contributed by atoms with Gasteiger partial charge in [0.1, 0.15) is 11.6 Å². The van der Waals surface area contributed by atoms with Crippen LogP contribution in [0, 0.1) is 18.3 Å². The highest BCUT2D eigenvalue weighted by Gasteiger charge is 2.40. The summed E-state index contributed by atoms with van der Waals surface area (Å²) in [5.41, 5.74) is 3.10. The predicted octanol–water partition coefficient (Wildman–Crippen LogP) is 3.58. The summed E-state index contributed by atoms with van der Waals surface area (Å²) in [5.74, 6) is 2.35. The van der Waals surface area contributed by atoms with Crippen LogP contribution in [0.2, 0.25) is 0 Å². The summed E-state index contributed by atoms with van der Waals surface area (Å²) < 4.78 is 1.81. The normalized spacial score (nSPS) is 22.6. The number of aromatic amines is 1. The van der Waals surface area contributed by atoms with Crippen molar-refractivity contribution >= 4 is 17.5 Å². The third kappa shape index (κ3) is 4.32. The van der Waals surface area contributed by atoms with E-state index in [9.17, 15) is 0 Å². The van der Waals surface area contributed by atoms with Crippen molar-refractivity contribution in [1.29, 1.82) is 5.26 Å². The molecule has 0 spiro atoms. The zero-order chi connectivity index (χ0) is 22.1. The molecule has 2 saturated heterocycles. The van der Waals surface area contributed by atoms with E-state index in [4.69, 9.17) is 10.2 Å². The largest absolute Gasteiger partial charge is 0.367 e. The lowest BCUT2D eigenvalue weighted by atomic mass is 9.97. The average molecular weight is 432 g/mol. The highest BCUT2D eigenvalue weighted by molar-refractivity contribution is 5.71. The Kier molecular flexibility index (Phi) is 5.53. The van der Waals surface area contributed by atoms with E-state index in [-0.39, 0.29) is 0 Å². The summed E-state index contributed by atoms with van der Waals surface area (Å²) in [7, 11) is 1.92. The number of nitriles is 1. The molecule has 0 aromatic carbocycles. The molecule has 2 bridgehead atoms. The van der Waals surface area contributed by atoms with Gasteiger partial charge >= 0.3 is 0 Å². The van der Waals surface area contributed by atoms with Crippen LogP contribution in [0.4, 0.5) is 17.5 Å². The second-order valence-electron chi connectivity index (χ2n) is 8.93. The summed E-state index contributed by atoms with van der Waals surface area (Å²) in [6.07, 6.45) is 9.11. The molecule has 3 aromatic heterocycles. The number of fused-ring (bicyclic) bond motifs is 2. The van der Waals surface area contributed by atoms with Crippen LogP contribution in [0.5, 0.6) is 0 Å². The molecule has 0 unspecified atom stereocenters. The van der Waals surface area contributed by atoms with Gasteiger partial charge in [0.2, 0.25) is 0 Å². The van der Waals surface area contributed by atoms with E-state index in [0.717, 1.165) is 53.7 Å². The first kappa shape index (κ1) is 20.5. The van der Waals surface area contributed by atoms with E-state index < -0.39 is 0 Å².